The highest BCUT2D eigenvalue weighted by Gasteiger charge is 2.29. The number of rotatable bonds is 2. The molecular weight excluding hydrogens is 208 g/mol. The van der Waals surface area contributed by atoms with Crippen LogP contribution in [0.25, 0.3) is 0 Å². The number of hydrogen-bond acceptors (Lipinski definition) is 1. The zero-order chi connectivity index (χ0) is 11.7. The largest absolute Gasteiger partial charge is 0.478 e. The summed E-state index contributed by atoms with van der Waals surface area (Å²) in [7, 11) is 1.83. The molecule has 0 aromatic heterocycles. The maximum absolute atomic E-state index is 11.2. The van der Waals surface area contributed by atoms with Crippen molar-refractivity contribution in [2.75, 3.05) is 0 Å². The lowest BCUT2D eigenvalue weighted by molar-refractivity contribution is -0.133. The van der Waals surface area contributed by atoms with Gasteiger partial charge in [-0.1, -0.05) is 33.3 Å². The van der Waals surface area contributed by atoms with Gasteiger partial charge in [-0.05, 0) is 17.0 Å². The molecular formula is C10H22O2Si2. The molecule has 0 saturated heterocycles. The van der Waals surface area contributed by atoms with Crippen LogP contribution in [0.3, 0.4) is 0 Å². The van der Waals surface area contributed by atoms with Crippen LogP contribution in [-0.4, -0.2) is 31.6 Å². The number of carboxylic acids is 1. The third-order valence-corrected chi connectivity index (χ3v) is 3.46. The van der Waals surface area contributed by atoms with Crippen LogP contribution in [0.4, 0.5) is 0 Å². The summed E-state index contributed by atoms with van der Waals surface area (Å²) >= 11 is 0. The van der Waals surface area contributed by atoms with E-state index in [1.807, 2.05) is 6.92 Å². The van der Waals surface area contributed by atoms with Crippen LogP contribution in [0, 0.1) is 5.41 Å². The van der Waals surface area contributed by atoms with Gasteiger partial charge in [0.15, 0.2) is 0 Å². The molecule has 0 fully saturated rings. The molecule has 0 heterocycles. The molecule has 4 heteroatoms. The predicted molar refractivity (Wildman–Crippen MR) is 68.0 cm³/mol. The van der Waals surface area contributed by atoms with E-state index >= 15 is 0 Å². The van der Waals surface area contributed by atoms with E-state index in [0.717, 1.165) is 26.1 Å². The summed E-state index contributed by atoms with van der Waals surface area (Å²) in [6.07, 6.45) is 0. The van der Waals surface area contributed by atoms with Crippen LogP contribution in [0.5, 0.6) is 0 Å². The first-order chi connectivity index (χ1) is 5.98. The minimum atomic E-state index is -0.732. The van der Waals surface area contributed by atoms with Crippen molar-refractivity contribution in [1.82, 2.24) is 0 Å². The third kappa shape index (κ3) is 3.42. The highest BCUT2D eigenvalue weighted by Crippen LogP contribution is 2.36. The standard InChI is InChI=1S/C10H22O2Si2/c1-6(9(2,3)4)7(8(11)12)10(5,13)14/h1-5,13-14H3,(H,11,12). The monoisotopic (exact) mass is 230 g/mol. The first kappa shape index (κ1) is 13.6. The van der Waals surface area contributed by atoms with E-state index in [0.29, 0.717) is 5.57 Å². The zero-order valence-electron chi connectivity index (χ0n) is 10.4. The summed E-state index contributed by atoms with van der Waals surface area (Å²) in [5.74, 6) is -0.732. The fraction of sp³-hybridized carbons (Fsp3) is 0.700. The van der Waals surface area contributed by atoms with Crippen LogP contribution >= 0.6 is 0 Å². The quantitative estimate of drug-likeness (QED) is 0.547. The highest BCUT2D eigenvalue weighted by molar-refractivity contribution is 6.44. The lowest BCUT2D eigenvalue weighted by atomic mass is 9.83. The third-order valence-electron chi connectivity index (χ3n) is 2.46. The highest BCUT2D eigenvalue weighted by atomic mass is 28.2. The zero-order valence-corrected chi connectivity index (χ0v) is 14.4. The molecule has 82 valence electrons. The second-order valence-corrected chi connectivity index (χ2v) is 12.8. The van der Waals surface area contributed by atoms with E-state index in [2.05, 4.69) is 27.7 Å². The minimum Gasteiger partial charge on any atom is -0.478 e. The Balaban J connectivity index is 5.53. The number of hydrogen-bond donors (Lipinski definition) is 1. The SMILES string of the molecule is CC(=C(C(=O)O)C(C)([SiH3])[SiH3])C(C)(C)C. The van der Waals surface area contributed by atoms with Crippen molar-refractivity contribution in [2.24, 2.45) is 5.41 Å². The predicted octanol–water partition coefficient (Wildman–Crippen LogP) is 0.300. The van der Waals surface area contributed by atoms with Gasteiger partial charge >= 0.3 is 5.97 Å². The van der Waals surface area contributed by atoms with E-state index in [1.165, 1.54) is 0 Å². The molecule has 2 nitrogen and oxygen atoms in total. The molecule has 0 bridgehead atoms. The Bertz CT molecular complexity index is 267. The van der Waals surface area contributed by atoms with Gasteiger partial charge in [0.1, 0.15) is 0 Å². The van der Waals surface area contributed by atoms with Gasteiger partial charge in [-0.2, -0.15) is 0 Å². The van der Waals surface area contributed by atoms with Crippen LogP contribution < -0.4 is 0 Å². The van der Waals surface area contributed by atoms with Gasteiger partial charge in [-0.15, -0.1) is 0 Å². The molecule has 0 rings (SSSR count). The molecule has 0 radical (unpaired) electrons. The summed E-state index contributed by atoms with van der Waals surface area (Å²) in [5, 5.41) is 9.23. The van der Waals surface area contributed by atoms with E-state index in [9.17, 15) is 9.90 Å². The van der Waals surface area contributed by atoms with Crippen LogP contribution in [0.15, 0.2) is 11.1 Å². The Kier molecular flexibility index (Phi) is 3.92. The average Bonchev–Trinajstić information content (AvgIpc) is 1.79. The molecule has 14 heavy (non-hydrogen) atoms. The normalized spacial score (nSPS) is 18.9. The number of carbonyl (C=O) groups is 1. The molecule has 0 amide bonds. The van der Waals surface area contributed by atoms with E-state index in [-0.39, 0.29) is 10.1 Å². The van der Waals surface area contributed by atoms with Crippen molar-refractivity contribution in [3.63, 3.8) is 0 Å². The molecule has 0 aromatic rings. The van der Waals surface area contributed by atoms with Crippen molar-refractivity contribution < 1.29 is 9.90 Å². The molecule has 1 N–H and O–H groups in total. The van der Waals surface area contributed by atoms with Gasteiger partial charge in [-0.25, -0.2) is 4.79 Å². The Morgan fingerprint density at radius 3 is 1.57 bits per heavy atom. The Morgan fingerprint density at radius 2 is 1.50 bits per heavy atom. The van der Waals surface area contributed by atoms with Crippen molar-refractivity contribution in [3.05, 3.63) is 11.1 Å². The van der Waals surface area contributed by atoms with Crippen molar-refractivity contribution >= 4 is 26.5 Å². The van der Waals surface area contributed by atoms with Crippen molar-refractivity contribution in [1.29, 1.82) is 0 Å². The van der Waals surface area contributed by atoms with Crippen LogP contribution in [-0.2, 0) is 4.79 Å². The maximum Gasteiger partial charge on any atom is 0.331 e. The van der Waals surface area contributed by atoms with Gasteiger partial charge in [0.25, 0.3) is 0 Å². The van der Waals surface area contributed by atoms with E-state index in [1.54, 1.807) is 0 Å². The molecule has 0 aliphatic carbocycles. The van der Waals surface area contributed by atoms with Crippen LogP contribution in [0.2, 0.25) is 4.66 Å². The van der Waals surface area contributed by atoms with Gasteiger partial charge in [0.2, 0.25) is 0 Å². The molecule has 0 saturated carbocycles. The smallest absolute Gasteiger partial charge is 0.331 e. The van der Waals surface area contributed by atoms with Gasteiger partial charge in [0, 0.05) is 26.1 Å². The van der Waals surface area contributed by atoms with Crippen molar-refractivity contribution in [2.45, 2.75) is 39.3 Å². The summed E-state index contributed by atoms with van der Waals surface area (Å²) in [4.78, 5) is 11.2. The number of carboxylic acid groups (broad SMARTS) is 1. The second kappa shape index (κ2) is 4.02. The second-order valence-electron chi connectivity index (χ2n) is 5.81. The van der Waals surface area contributed by atoms with Gasteiger partial charge in [0.05, 0.1) is 0 Å². The fourth-order valence-electron chi connectivity index (χ4n) is 1.42. The molecule has 0 aliphatic heterocycles. The molecule has 0 aliphatic rings. The summed E-state index contributed by atoms with van der Waals surface area (Å²) in [6, 6.07) is 0. The first-order valence-corrected chi connectivity index (χ1v) is 6.93. The Labute approximate surface area is 92.6 Å². The van der Waals surface area contributed by atoms with E-state index in [4.69, 9.17) is 0 Å². The molecule has 0 spiro atoms. The molecule has 0 aromatic carbocycles. The van der Waals surface area contributed by atoms with E-state index < -0.39 is 5.97 Å². The van der Waals surface area contributed by atoms with Gasteiger partial charge in [-0.3, -0.25) is 0 Å². The molecule has 0 atom stereocenters. The Morgan fingerprint density at radius 1 is 1.14 bits per heavy atom. The van der Waals surface area contributed by atoms with Crippen LogP contribution in [0.1, 0.15) is 34.6 Å². The minimum absolute atomic E-state index is 0.0246. The molecule has 0 unspecified atom stereocenters. The number of allylic oxidation sites excluding steroid dienone is 1. The average molecular weight is 230 g/mol. The summed E-state index contributed by atoms with van der Waals surface area (Å²) in [6.45, 7) is 10.2. The summed E-state index contributed by atoms with van der Waals surface area (Å²) < 4.78 is -0.0246. The van der Waals surface area contributed by atoms with Gasteiger partial charge < -0.3 is 5.11 Å². The lowest BCUT2D eigenvalue weighted by Gasteiger charge is -2.29. The van der Waals surface area contributed by atoms with Crippen molar-refractivity contribution in [3.8, 4) is 0 Å². The first-order valence-electron chi connectivity index (χ1n) is 4.93. The summed E-state index contributed by atoms with van der Waals surface area (Å²) in [5.41, 5.74) is 1.64. The lowest BCUT2D eigenvalue weighted by Crippen LogP contribution is -2.24. The fourth-order valence-corrected chi connectivity index (χ4v) is 2.60. The maximum atomic E-state index is 11.2. The Hall–Kier alpha value is -0.356. The topological polar surface area (TPSA) is 37.3 Å². The number of aliphatic carboxylic acids is 1.